The number of piperazine rings is 1. The van der Waals surface area contributed by atoms with E-state index in [0.29, 0.717) is 6.04 Å². The Labute approximate surface area is 99.2 Å². The summed E-state index contributed by atoms with van der Waals surface area (Å²) >= 11 is 0. The van der Waals surface area contributed by atoms with Gasteiger partial charge in [0.15, 0.2) is 5.58 Å². The number of benzene rings is 1. The monoisotopic (exact) mass is 234 g/mol. The number of hydrogen-bond donors (Lipinski definition) is 1. The molecular formula is C13H15FN2O. The minimum Gasteiger partial charge on any atom is -0.462 e. The van der Waals surface area contributed by atoms with Gasteiger partial charge in [0.25, 0.3) is 0 Å². The van der Waals surface area contributed by atoms with Gasteiger partial charge in [-0.15, -0.1) is 0 Å². The van der Waals surface area contributed by atoms with Crippen molar-refractivity contribution in [2.24, 2.45) is 0 Å². The summed E-state index contributed by atoms with van der Waals surface area (Å²) in [6, 6.07) is 5.22. The van der Waals surface area contributed by atoms with Crippen molar-refractivity contribution in [2.75, 3.05) is 24.5 Å². The van der Waals surface area contributed by atoms with E-state index < -0.39 is 0 Å². The van der Waals surface area contributed by atoms with Crippen molar-refractivity contribution in [2.45, 2.75) is 13.0 Å². The number of furan rings is 1. The molecule has 1 N–H and O–H groups in total. The maximum absolute atomic E-state index is 13.6. The lowest BCUT2D eigenvalue weighted by Gasteiger charge is -2.35. The first kappa shape index (κ1) is 10.6. The van der Waals surface area contributed by atoms with E-state index in [1.807, 2.05) is 0 Å². The van der Waals surface area contributed by atoms with Gasteiger partial charge in [-0.2, -0.15) is 0 Å². The van der Waals surface area contributed by atoms with E-state index in [1.165, 1.54) is 6.07 Å². The van der Waals surface area contributed by atoms with Crippen molar-refractivity contribution >= 4 is 16.7 Å². The quantitative estimate of drug-likeness (QED) is 0.821. The van der Waals surface area contributed by atoms with Crippen LogP contribution in [0.1, 0.15) is 6.92 Å². The molecule has 1 aromatic heterocycles. The molecule has 0 amide bonds. The average molecular weight is 234 g/mol. The summed E-state index contributed by atoms with van der Waals surface area (Å²) in [5, 5.41) is 4.15. The molecule has 17 heavy (non-hydrogen) atoms. The van der Waals surface area contributed by atoms with Crippen molar-refractivity contribution < 1.29 is 8.81 Å². The average Bonchev–Trinajstić information content (AvgIpc) is 2.76. The van der Waals surface area contributed by atoms with Gasteiger partial charge in [0.05, 0.1) is 12.0 Å². The highest BCUT2D eigenvalue weighted by Gasteiger charge is 2.21. The highest BCUT2D eigenvalue weighted by Crippen LogP contribution is 2.30. The lowest BCUT2D eigenvalue weighted by molar-refractivity contribution is 0.497. The molecule has 2 heterocycles. The molecule has 0 radical (unpaired) electrons. The molecule has 0 bridgehead atoms. The second-order valence-electron chi connectivity index (χ2n) is 4.51. The van der Waals surface area contributed by atoms with Gasteiger partial charge in [0, 0.05) is 37.1 Å². The fourth-order valence-electron chi connectivity index (χ4n) is 2.44. The van der Waals surface area contributed by atoms with Gasteiger partial charge in [-0.1, -0.05) is 0 Å². The van der Waals surface area contributed by atoms with Crippen LogP contribution in [0.2, 0.25) is 0 Å². The highest BCUT2D eigenvalue weighted by molar-refractivity contribution is 5.89. The predicted octanol–water partition coefficient (Wildman–Crippen LogP) is 2.37. The Hall–Kier alpha value is -1.55. The molecule has 90 valence electrons. The standard InChI is InChI=1S/C13H15FN2O/c1-9-8-15-3-4-16(9)12-7-11(14)6-10-2-5-17-13(10)12/h2,5-7,9,15H,3-4,8H2,1H3. The van der Waals surface area contributed by atoms with Crippen LogP contribution in [0.3, 0.4) is 0 Å². The molecule has 0 saturated carbocycles. The summed E-state index contributed by atoms with van der Waals surface area (Å²) in [6.07, 6.45) is 1.61. The third-order valence-electron chi connectivity index (χ3n) is 3.31. The second kappa shape index (κ2) is 4.04. The van der Waals surface area contributed by atoms with Gasteiger partial charge in [-0.25, -0.2) is 4.39 Å². The largest absolute Gasteiger partial charge is 0.462 e. The van der Waals surface area contributed by atoms with E-state index in [0.717, 1.165) is 36.3 Å². The van der Waals surface area contributed by atoms with Crippen LogP contribution in [0.4, 0.5) is 10.1 Å². The number of nitrogens with zero attached hydrogens (tertiary/aromatic N) is 1. The van der Waals surface area contributed by atoms with Gasteiger partial charge in [-0.05, 0) is 19.1 Å². The summed E-state index contributed by atoms with van der Waals surface area (Å²) < 4.78 is 19.0. The topological polar surface area (TPSA) is 28.4 Å². The summed E-state index contributed by atoms with van der Waals surface area (Å²) in [5.74, 6) is -0.209. The molecule has 3 rings (SSSR count). The van der Waals surface area contributed by atoms with Crippen LogP contribution in [0, 0.1) is 5.82 Å². The van der Waals surface area contributed by atoms with Crippen LogP contribution in [0.25, 0.3) is 11.0 Å². The number of anilines is 1. The fourth-order valence-corrected chi connectivity index (χ4v) is 2.44. The maximum Gasteiger partial charge on any atom is 0.157 e. The molecular weight excluding hydrogens is 219 g/mol. The van der Waals surface area contributed by atoms with Crippen LogP contribution in [0.15, 0.2) is 28.9 Å². The van der Waals surface area contributed by atoms with Gasteiger partial charge < -0.3 is 14.6 Å². The molecule has 0 spiro atoms. The second-order valence-corrected chi connectivity index (χ2v) is 4.51. The van der Waals surface area contributed by atoms with Crippen molar-refractivity contribution in [3.63, 3.8) is 0 Å². The molecule has 2 aromatic rings. The van der Waals surface area contributed by atoms with E-state index in [9.17, 15) is 4.39 Å². The Morgan fingerprint density at radius 2 is 2.35 bits per heavy atom. The summed E-state index contributed by atoms with van der Waals surface area (Å²) in [7, 11) is 0. The van der Waals surface area contributed by atoms with Gasteiger partial charge in [0.2, 0.25) is 0 Å². The lowest BCUT2D eigenvalue weighted by atomic mass is 10.1. The van der Waals surface area contributed by atoms with Crippen LogP contribution in [0.5, 0.6) is 0 Å². The Kier molecular flexibility index (Phi) is 2.52. The van der Waals surface area contributed by atoms with E-state index in [-0.39, 0.29) is 5.82 Å². The molecule has 1 aliphatic rings. The molecule has 1 aliphatic heterocycles. The minimum atomic E-state index is -0.209. The Morgan fingerprint density at radius 1 is 1.47 bits per heavy atom. The van der Waals surface area contributed by atoms with Crippen LogP contribution in [-0.2, 0) is 0 Å². The normalized spacial score (nSPS) is 21.1. The SMILES string of the molecule is CC1CNCCN1c1cc(F)cc2ccoc12. The molecule has 1 fully saturated rings. The summed E-state index contributed by atoms with van der Waals surface area (Å²) in [4.78, 5) is 2.20. The maximum atomic E-state index is 13.6. The zero-order valence-electron chi connectivity index (χ0n) is 9.74. The van der Waals surface area contributed by atoms with Crippen molar-refractivity contribution in [3.05, 3.63) is 30.3 Å². The van der Waals surface area contributed by atoms with Crippen molar-refractivity contribution in [1.29, 1.82) is 0 Å². The van der Waals surface area contributed by atoms with Crippen molar-refractivity contribution in [3.8, 4) is 0 Å². The van der Waals surface area contributed by atoms with Gasteiger partial charge in [-0.3, -0.25) is 0 Å². The molecule has 1 saturated heterocycles. The third-order valence-corrected chi connectivity index (χ3v) is 3.31. The zero-order valence-corrected chi connectivity index (χ0v) is 9.74. The Morgan fingerprint density at radius 3 is 3.18 bits per heavy atom. The molecule has 1 aromatic carbocycles. The van der Waals surface area contributed by atoms with Gasteiger partial charge >= 0.3 is 0 Å². The first-order valence-electron chi connectivity index (χ1n) is 5.90. The molecule has 0 aliphatic carbocycles. The minimum absolute atomic E-state index is 0.209. The van der Waals surface area contributed by atoms with Crippen molar-refractivity contribution in [1.82, 2.24) is 5.32 Å². The molecule has 1 atom stereocenters. The van der Waals surface area contributed by atoms with Crippen LogP contribution in [-0.4, -0.2) is 25.7 Å². The lowest BCUT2D eigenvalue weighted by Crippen LogP contribution is -2.50. The summed E-state index contributed by atoms with van der Waals surface area (Å²) in [6.45, 7) is 4.84. The zero-order chi connectivity index (χ0) is 11.8. The number of halogens is 1. The Balaban J connectivity index is 2.11. The molecule has 3 nitrogen and oxygen atoms in total. The van der Waals surface area contributed by atoms with Gasteiger partial charge in [0.1, 0.15) is 5.82 Å². The number of fused-ring (bicyclic) bond motifs is 1. The smallest absolute Gasteiger partial charge is 0.157 e. The fraction of sp³-hybridized carbons (Fsp3) is 0.385. The van der Waals surface area contributed by atoms with Crippen LogP contribution >= 0.6 is 0 Å². The first-order chi connectivity index (χ1) is 8.25. The number of nitrogens with one attached hydrogen (secondary N) is 1. The Bertz CT molecular complexity index is 537. The first-order valence-corrected chi connectivity index (χ1v) is 5.90. The molecule has 1 unspecified atom stereocenters. The number of rotatable bonds is 1. The van der Waals surface area contributed by atoms with E-state index >= 15 is 0 Å². The third kappa shape index (κ3) is 1.78. The predicted molar refractivity (Wildman–Crippen MR) is 65.8 cm³/mol. The van der Waals surface area contributed by atoms with E-state index in [2.05, 4.69) is 17.1 Å². The summed E-state index contributed by atoms with van der Waals surface area (Å²) in [5.41, 5.74) is 1.64. The van der Waals surface area contributed by atoms with E-state index in [4.69, 9.17) is 4.42 Å². The number of hydrogen-bond acceptors (Lipinski definition) is 3. The molecule has 4 heteroatoms. The van der Waals surface area contributed by atoms with E-state index in [1.54, 1.807) is 18.4 Å². The highest BCUT2D eigenvalue weighted by atomic mass is 19.1. The van der Waals surface area contributed by atoms with Crippen LogP contribution < -0.4 is 10.2 Å².